The molecule has 0 bridgehead atoms. The molecule has 0 spiro atoms. The quantitative estimate of drug-likeness (QED) is 0.447. The predicted octanol–water partition coefficient (Wildman–Crippen LogP) is 5.67. The van der Waals surface area contributed by atoms with Crippen molar-refractivity contribution in [2.75, 3.05) is 24.6 Å². The Balaban J connectivity index is 1.43. The standard InChI is InChI=1S/C27H37N3O3S/c1-17(2)25-23-14-20(19-7-10-30(11-8-19)22-9-12-34(32,33)16-22)5-6-24(23)28-26(25)21-13-18(3)27(31)29(4)15-21/h5-6,13-15,17,19,22,28,32-33H,7-12,16H2,1-4H3. The fourth-order valence-corrected chi connectivity index (χ4v) is 7.82. The van der Waals surface area contributed by atoms with E-state index in [1.54, 1.807) is 4.57 Å². The number of nitrogens with zero attached hydrogens (tertiary/aromatic N) is 2. The Bertz CT molecular complexity index is 1240. The van der Waals surface area contributed by atoms with Gasteiger partial charge in [-0.2, -0.15) is 10.6 Å². The first-order valence-corrected chi connectivity index (χ1v) is 14.3. The van der Waals surface area contributed by atoms with Crippen molar-refractivity contribution in [2.24, 2.45) is 7.05 Å². The summed E-state index contributed by atoms with van der Waals surface area (Å²) in [6, 6.07) is 9.19. The van der Waals surface area contributed by atoms with Crippen LogP contribution in [-0.4, -0.2) is 54.2 Å². The van der Waals surface area contributed by atoms with Crippen molar-refractivity contribution in [1.29, 1.82) is 0 Å². The number of likely N-dealkylation sites (tertiary alicyclic amines) is 1. The molecule has 2 aliphatic rings. The van der Waals surface area contributed by atoms with Crippen LogP contribution in [0.4, 0.5) is 0 Å². The minimum atomic E-state index is -2.34. The van der Waals surface area contributed by atoms with Gasteiger partial charge in [0.15, 0.2) is 0 Å². The van der Waals surface area contributed by atoms with E-state index in [1.165, 1.54) is 16.5 Å². The lowest BCUT2D eigenvalue weighted by atomic mass is 9.87. The van der Waals surface area contributed by atoms with E-state index in [2.05, 4.69) is 41.9 Å². The summed E-state index contributed by atoms with van der Waals surface area (Å²) in [5.74, 6) is 2.00. The second-order valence-electron chi connectivity index (χ2n) is 10.6. The van der Waals surface area contributed by atoms with Gasteiger partial charge in [-0.3, -0.25) is 18.8 Å². The van der Waals surface area contributed by atoms with Crippen molar-refractivity contribution in [3.05, 3.63) is 57.5 Å². The van der Waals surface area contributed by atoms with E-state index in [9.17, 15) is 13.9 Å². The number of hydrogen-bond acceptors (Lipinski definition) is 4. The van der Waals surface area contributed by atoms with Gasteiger partial charge < -0.3 is 9.55 Å². The minimum absolute atomic E-state index is 0.0438. The van der Waals surface area contributed by atoms with Gasteiger partial charge in [0.05, 0.1) is 11.4 Å². The molecule has 3 aromatic rings. The first-order chi connectivity index (χ1) is 16.1. The smallest absolute Gasteiger partial charge is 0.253 e. The Morgan fingerprint density at radius 3 is 2.47 bits per heavy atom. The summed E-state index contributed by atoms with van der Waals surface area (Å²) in [5.41, 5.74) is 6.80. The summed E-state index contributed by atoms with van der Waals surface area (Å²) < 4.78 is 21.7. The van der Waals surface area contributed by atoms with Gasteiger partial charge in [0.2, 0.25) is 0 Å². The van der Waals surface area contributed by atoms with Crippen LogP contribution in [0.15, 0.2) is 35.3 Å². The van der Waals surface area contributed by atoms with Gasteiger partial charge in [0.1, 0.15) is 0 Å². The molecule has 1 unspecified atom stereocenters. The number of H-pyrrole nitrogens is 1. The van der Waals surface area contributed by atoms with Crippen molar-refractivity contribution in [3.63, 3.8) is 0 Å². The molecule has 34 heavy (non-hydrogen) atoms. The Morgan fingerprint density at radius 2 is 1.85 bits per heavy atom. The molecule has 3 N–H and O–H groups in total. The lowest BCUT2D eigenvalue weighted by Crippen LogP contribution is -2.41. The summed E-state index contributed by atoms with van der Waals surface area (Å²) in [6.07, 6.45) is 5.05. The Kier molecular flexibility index (Phi) is 6.17. The van der Waals surface area contributed by atoms with Crippen molar-refractivity contribution in [2.45, 2.75) is 57.9 Å². The number of benzene rings is 1. The van der Waals surface area contributed by atoms with Gasteiger partial charge >= 0.3 is 0 Å². The van der Waals surface area contributed by atoms with E-state index in [0.717, 1.165) is 54.7 Å². The molecule has 1 aromatic carbocycles. The number of piperidine rings is 1. The average Bonchev–Trinajstić information content (AvgIpc) is 3.36. The second kappa shape index (κ2) is 8.86. The van der Waals surface area contributed by atoms with E-state index >= 15 is 0 Å². The molecule has 2 fully saturated rings. The molecule has 184 valence electrons. The third kappa shape index (κ3) is 4.35. The highest BCUT2D eigenvalue weighted by Crippen LogP contribution is 2.48. The maximum absolute atomic E-state index is 12.2. The molecule has 5 rings (SSSR count). The fourth-order valence-electron chi connectivity index (χ4n) is 6.01. The third-order valence-electron chi connectivity index (χ3n) is 7.85. The highest BCUT2D eigenvalue weighted by atomic mass is 32.3. The number of aryl methyl sites for hydroxylation is 2. The number of rotatable bonds is 4. The molecule has 0 amide bonds. The van der Waals surface area contributed by atoms with E-state index in [1.807, 2.05) is 26.2 Å². The van der Waals surface area contributed by atoms with Gasteiger partial charge in [-0.25, -0.2) is 0 Å². The van der Waals surface area contributed by atoms with Crippen LogP contribution in [0.3, 0.4) is 0 Å². The first kappa shape index (κ1) is 23.7. The molecule has 0 saturated carbocycles. The van der Waals surface area contributed by atoms with Gasteiger partial charge in [0.25, 0.3) is 5.56 Å². The van der Waals surface area contributed by atoms with Gasteiger partial charge in [-0.1, -0.05) is 19.9 Å². The van der Waals surface area contributed by atoms with Gasteiger partial charge in [-0.15, -0.1) is 0 Å². The minimum Gasteiger partial charge on any atom is -0.354 e. The molecule has 6 nitrogen and oxygen atoms in total. The molecule has 2 saturated heterocycles. The third-order valence-corrected chi connectivity index (χ3v) is 9.65. The highest BCUT2D eigenvalue weighted by Gasteiger charge is 2.34. The highest BCUT2D eigenvalue weighted by molar-refractivity contribution is 8.24. The Morgan fingerprint density at radius 1 is 1.12 bits per heavy atom. The molecule has 0 aliphatic carbocycles. The van der Waals surface area contributed by atoms with Crippen LogP contribution in [-0.2, 0) is 7.05 Å². The van der Waals surface area contributed by atoms with Gasteiger partial charge in [0, 0.05) is 47.1 Å². The maximum Gasteiger partial charge on any atom is 0.253 e. The zero-order chi connectivity index (χ0) is 24.2. The normalized spacial score (nSPS) is 22.6. The molecule has 4 heterocycles. The van der Waals surface area contributed by atoms with Crippen LogP contribution < -0.4 is 5.56 Å². The zero-order valence-corrected chi connectivity index (χ0v) is 21.5. The Labute approximate surface area is 203 Å². The summed E-state index contributed by atoms with van der Waals surface area (Å²) in [5, 5.41) is 1.28. The fraction of sp³-hybridized carbons (Fsp3) is 0.519. The van der Waals surface area contributed by atoms with Gasteiger partial charge in [-0.05, 0) is 80.4 Å². The largest absolute Gasteiger partial charge is 0.354 e. The molecule has 7 heteroatoms. The van der Waals surface area contributed by atoms with Crippen LogP contribution in [0.2, 0.25) is 0 Å². The van der Waals surface area contributed by atoms with Crippen LogP contribution in [0, 0.1) is 6.92 Å². The summed E-state index contributed by atoms with van der Waals surface area (Å²) in [6.45, 7) is 8.39. The number of fused-ring (bicyclic) bond motifs is 1. The first-order valence-electron chi connectivity index (χ1n) is 12.4. The van der Waals surface area contributed by atoms with Crippen LogP contribution in [0.5, 0.6) is 0 Å². The number of aromatic nitrogens is 2. The predicted molar refractivity (Wildman–Crippen MR) is 142 cm³/mol. The van der Waals surface area contributed by atoms with E-state index in [-0.39, 0.29) is 5.56 Å². The number of pyridine rings is 1. The monoisotopic (exact) mass is 483 g/mol. The number of hydrogen-bond donors (Lipinski definition) is 3. The SMILES string of the molecule is Cc1cc(-c2[nH]c3ccc(C4CCN(C5CCS(O)(O)C5)CC4)cc3c2C(C)C)cn(C)c1=O. The molecular weight excluding hydrogens is 446 g/mol. The van der Waals surface area contributed by atoms with E-state index in [4.69, 9.17) is 0 Å². The van der Waals surface area contributed by atoms with E-state index in [0.29, 0.717) is 29.4 Å². The molecule has 2 aromatic heterocycles. The zero-order valence-electron chi connectivity index (χ0n) is 20.7. The van der Waals surface area contributed by atoms with E-state index < -0.39 is 10.6 Å². The lowest BCUT2D eigenvalue weighted by Gasteiger charge is -2.37. The topological polar surface area (TPSA) is 81.5 Å². The van der Waals surface area contributed by atoms with Crippen LogP contribution in [0.1, 0.15) is 61.6 Å². The van der Waals surface area contributed by atoms with Crippen LogP contribution in [0.25, 0.3) is 22.2 Å². The summed E-state index contributed by atoms with van der Waals surface area (Å²) in [7, 11) is -0.526. The maximum atomic E-state index is 12.2. The summed E-state index contributed by atoms with van der Waals surface area (Å²) in [4.78, 5) is 18.4. The average molecular weight is 484 g/mol. The Hall–Kier alpha value is -2.06. The number of aromatic amines is 1. The second-order valence-corrected chi connectivity index (χ2v) is 13.0. The van der Waals surface area contributed by atoms with Crippen molar-refractivity contribution < 1.29 is 9.11 Å². The van der Waals surface area contributed by atoms with Crippen molar-refractivity contribution in [1.82, 2.24) is 14.5 Å². The van der Waals surface area contributed by atoms with Crippen molar-refractivity contribution >= 4 is 21.5 Å². The summed E-state index contributed by atoms with van der Waals surface area (Å²) >= 11 is 0. The van der Waals surface area contributed by atoms with Crippen LogP contribution >= 0.6 is 10.6 Å². The molecular formula is C27H37N3O3S. The van der Waals surface area contributed by atoms with Crippen molar-refractivity contribution in [3.8, 4) is 11.3 Å². The molecule has 0 radical (unpaired) electrons. The molecule has 2 aliphatic heterocycles. The lowest BCUT2D eigenvalue weighted by molar-refractivity contribution is 0.164. The molecule has 1 atom stereocenters. The number of nitrogens with one attached hydrogen (secondary N) is 1.